The van der Waals surface area contributed by atoms with Crippen LogP contribution in [0.2, 0.25) is 0 Å². The third kappa shape index (κ3) is 5.16. The van der Waals surface area contributed by atoms with Crippen LogP contribution in [-0.4, -0.2) is 9.38 Å². The average Bonchev–Trinajstić information content (AvgIpc) is 3.91. The molecule has 0 N–H and O–H groups in total. The van der Waals surface area contributed by atoms with Crippen molar-refractivity contribution in [1.82, 2.24) is 9.38 Å². The van der Waals surface area contributed by atoms with Crippen molar-refractivity contribution in [3.8, 4) is 22.3 Å². The first kappa shape index (κ1) is 36.8. The number of nitrogens with zero attached hydrogens (tertiary/aromatic N) is 2. The fraction of sp³-hybridized carbons (Fsp3) is 0.0167. The van der Waals surface area contributed by atoms with Gasteiger partial charge in [0.05, 0.1) is 22.0 Å². The predicted molar refractivity (Wildman–Crippen MR) is 267 cm³/mol. The third-order valence-electron chi connectivity index (χ3n) is 13.7. The summed E-state index contributed by atoms with van der Waals surface area (Å²) in [4.78, 5) is 5.31. The van der Waals surface area contributed by atoms with Crippen LogP contribution in [0, 0.1) is 0 Å². The normalized spacial score (nSPS) is 13.2. The van der Waals surface area contributed by atoms with E-state index in [0.717, 1.165) is 71.5 Å². The Balaban J connectivity index is 1.08. The quantitative estimate of drug-likeness (QED) is 0.124. The number of rotatable bonds is 6. The number of imidazole rings is 1. The molecule has 0 atom stereocenters. The van der Waals surface area contributed by atoms with E-state index < -0.39 is 12.6 Å². The minimum atomic E-state index is -3.30. The van der Waals surface area contributed by atoms with Gasteiger partial charge in [-0.05, 0) is 91.0 Å². The van der Waals surface area contributed by atoms with E-state index in [-0.39, 0.29) is 0 Å². The molecule has 300 valence electrons. The molecule has 0 spiro atoms. The molecule has 13 rings (SSSR count). The molecule has 10 aromatic carbocycles. The maximum absolute atomic E-state index is 16.0. The van der Waals surface area contributed by atoms with E-state index in [1.54, 1.807) is 0 Å². The Labute approximate surface area is 370 Å². The number of para-hydroxylation sites is 2. The van der Waals surface area contributed by atoms with E-state index in [9.17, 15) is 0 Å². The van der Waals surface area contributed by atoms with Gasteiger partial charge in [-0.25, -0.2) is 4.98 Å². The van der Waals surface area contributed by atoms with Gasteiger partial charge in [0.25, 0.3) is 0 Å². The molecule has 12 aromatic rings. The average molecular weight is 835 g/mol. The summed E-state index contributed by atoms with van der Waals surface area (Å²) in [7, 11) is -3.30. The Morgan fingerprint density at radius 2 is 0.953 bits per heavy atom. The van der Waals surface area contributed by atoms with Gasteiger partial charge in [-0.2, -0.15) is 0 Å². The van der Waals surface area contributed by atoms with Crippen LogP contribution in [0.1, 0.15) is 22.3 Å². The van der Waals surface area contributed by atoms with Crippen LogP contribution in [-0.2, 0) is 9.98 Å². The fourth-order valence-electron chi connectivity index (χ4n) is 10.9. The topological polar surface area (TPSA) is 34.4 Å². The third-order valence-corrected chi connectivity index (χ3v) is 16.8. The highest BCUT2D eigenvalue weighted by Crippen LogP contribution is 2.58. The van der Waals surface area contributed by atoms with Crippen LogP contribution in [0.25, 0.3) is 71.4 Å². The molecule has 2 heterocycles. The summed E-state index contributed by atoms with van der Waals surface area (Å²) < 4.78 is 18.4. The van der Waals surface area contributed by atoms with Gasteiger partial charge in [0.2, 0.25) is 0 Å². The van der Waals surface area contributed by atoms with Crippen LogP contribution in [0.4, 0.5) is 0 Å². The number of fused-ring (bicyclic) bond motifs is 13. The second kappa shape index (κ2) is 14.1. The van der Waals surface area contributed by atoms with Gasteiger partial charge >= 0.3 is 0 Å². The van der Waals surface area contributed by atoms with Gasteiger partial charge < -0.3 is 4.57 Å². The molecule has 1 aliphatic carbocycles. The smallest absolute Gasteiger partial charge is 0.171 e. The summed E-state index contributed by atoms with van der Waals surface area (Å²) in [5.74, 6) is 0. The molecule has 0 saturated carbocycles. The lowest BCUT2D eigenvalue weighted by Crippen LogP contribution is -2.31. The van der Waals surface area contributed by atoms with Crippen molar-refractivity contribution in [2.45, 2.75) is 5.41 Å². The van der Waals surface area contributed by atoms with Gasteiger partial charge in [0.15, 0.2) is 7.14 Å². The van der Waals surface area contributed by atoms with Crippen LogP contribution < -0.4 is 15.9 Å². The number of pyridine rings is 1. The molecule has 4 heteroatoms. The van der Waals surface area contributed by atoms with Gasteiger partial charge in [-0.1, -0.05) is 206 Å². The summed E-state index contributed by atoms with van der Waals surface area (Å²) in [5.41, 5.74) is 12.7. The molecule has 0 saturated heterocycles. The molecule has 64 heavy (non-hydrogen) atoms. The van der Waals surface area contributed by atoms with Crippen LogP contribution in [0.15, 0.2) is 237 Å². The summed E-state index contributed by atoms with van der Waals surface area (Å²) in [6.45, 7) is 0. The molecule has 0 unspecified atom stereocenters. The van der Waals surface area contributed by atoms with E-state index in [0.29, 0.717) is 0 Å². The van der Waals surface area contributed by atoms with Crippen molar-refractivity contribution < 1.29 is 4.57 Å². The molecule has 0 fully saturated rings. The van der Waals surface area contributed by atoms with E-state index >= 15 is 4.57 Å². The lowest BCUT2D eigenvalue weighted by atomic mass is 9.67. The molecule has 0 bridgehead atoms. The minimum absolute atomic E-state index is 0.709. The standard InChI is InChI=1S/C60H39N2OP/c63-64(45-22-9-3-10-23-45,46-24-11-4-12-25-46)47-32-36-50-49-33-30-41(37-53(49)60(54(50)39-47,43-18-5-1-6-19-43)44-20-7-2-8-21-44)42-31-34-51-52-35-29-40-17-13-14-26-48(40)58(52)59-61-55-27-15-16-28-56(55)62(59)57(51)38-42/h1-39H. The van der Waals surface area contributed by atoms with Gasteiger partial charge in [0, 0.05) is 26.7 Å². The molecule has 0 aliphatic heterocycles. The van der Waals surface area contributed by atoms with Crippen molar-refractivity contribution in [3.05, 3.63) is 259 Å². The van der Waals surface area contributed by atoms with Crippen molar-refractivity contribution in [2.24, 2.45) is 0 Å². The second-order valence-corrected chi connectivity index (χ2v) is 19.7. The molecular formula is C60H39N2OP. The highest BCUT2D eigenvalue weighted by atomic mass is 31.2. The monoisotopic (exact) mass is 834 g/mol. The second-order valence-electron chi connectivity index (χ2n) is 17.0. The maximum Gasteiger partial charge on any atom is 0.171 e. The molecule has 3 nitrogen and oxygen atoms in total. The van der Waals surface area contributed by atoms with E-state index in [1.165, 1.54) is 38.1 Å². The Hall–Kier alpha value is -7.84. The van der Waals surface area contributed by atoms with Crippen LogP contribution in [0.5, 0.6) is 0 Å². The Morgan fingerprint density at radius 1 is 0.406 bits per heavy atom. The summed E-state index contributed by atoms with van der Waals surface area (Å²) >= 11 is 0. The lowest BCUT2D eigenvalue weighted by molar-refractivity contribution is 0.592. The van der Waals surface area contributed by atoms with Crippen molar-refractivity contribution in [2.75, 3.05) is 0 Å². The largest absolute Gasteiger partial charge is 0.309 e. The van der Waals surface area contributed by atoms with Crippen molar-refractivity contribution >= 4 is 72.2 Å². The highest BCUT2D eigenvalue weighted by molar-refractivity contribution is 7.85. The zero-order valence-electron chi connectivity index (χ0n) is 34.8. The van der Waals surface area contributed by atoms with Gasteiger partial charge in [0.1, 0.15) is 5.65 Å². The molecule has 1 aliphatic rings. The zero-order chi connectivity index (χ0) is 42.4. The number of hydrogen-bond donors (Lipinski definition) is 0. The van der Waals surface area contributed by atoms with Crippen LogP contribution >= 0.6 is 7.14 Å². The molecule has 0 radical (unpaired) electrons. The number of hydrogen-bond acceptors (Lipinski definition) is 2. The van der Waals surface area contributed by atoms with Gasteiger partial charge in [-0.3, -0.25) is 4.40 Å². The Morgan fingerprint density at radius 3 is 1.66 bits per heavy atom. The number of aromatic nitrogens is 2. The number of benzene rings is 10. The SMILES string of the molecule is O=P(c1ccccc1)(c1ccccc1)c1ccc2c(c1)C(c1ccccc1)(c1ccccc1)c1cc(-c3ccc4c5ccc6ccccc6c5c5nc6ccccc6n5c4c3)ccc1-2. The van der Waals surface area contributed by atoms with Crippen LogP contribution in [0.3, 0.4) is 0 Å². The summed E-state index contributed by atoms with van der Waals surface area (Å²) in [5, 5.41) is 8.41. The Kier molecular flexibility index (Phi) is 8.10. The first-order chi connectivity index (χ1) is 31.6. The van der Waals surface area contributed by atoms with Gasteiger partial charge in [-0.15, -0.1) is 0 Å². The first-order valence-electron chi connectivity index (χ1n) is 21.9. The highest BCUT2D eigenvalue weighted by Gasteiger charge is 2.47. The Bertz CT molecular complexity index is 3780. The minimum Gasteiger partial charge on any atom is -0.309 e. The van der Waals surface area contributed by atoms with E-state index in [4.69, 9.17) is 4.98 Å². The fourth-order valence-corrected chi connectivity index (χ4v) is 13.5. The molecular weight excluding hydrogens is 796 g/mol. The maximum atomic E-state index is 16.0. The summed E-state index contributed by atoms with van der Waals surface area (Å²) in [6, 6.07) is 83.9. The summed E-state index contributed by atoms with van der Waals surface area (Å²) in [6.07, 6.45) is 0. The predicted octanol–water partition coefficient (Wildman–Crippen LogP) is 13.6. The molecule has 0 amide bonds. The van der Waals surface area contributed by atoms with E-state index in [2.05, 4.69) is 180 Å². The van der Waals surface area contributed by atoms with Crippen molar-refractivity contribution in [1.29, 1.82) is 0 Å². The zero-order valence-corrected chi connectivity index (χ0v) is 35.7. The lowest BCUT2D eigenvalue weighted by Gasteiger charge is -2.34. The van der Waals surface area contributed by atoms with Crippen molar-refractivity contribution in [3.63, 3.8) is 0 Å². The first-order valence-corrected chi connectivity index (χ1v) is 23.6. The van der Waals surface area contributed by atoms with E-state index in [1.807, 2.05) is 60.7 Å². The molecule has 2 aromatic heterocycles.